The third-order valence-electron chi connectivity index (χ3n) is 5.79. The summed E-state index contributed by atoms with van der Waals surface area (Å²) in [4.78, 5) is 27.2. The second kappa shape index (κ2) is 10.1. The molecule has 0 bridgehead atoms. The number of nitrogens with two attached hydrogens (primary N) is 1. The van der Waals surface area contributed by atoms with Crippen molar-refractivity contribution in [2.45, 2.75) is 25.4 Å². The highest BCUT2D eigenvalue weighted by Crippen LogP contribution is 2.18. The Kier molecular flexibility index (Phi) is 6.53. The minimum atomic E-state index is -0.744. The van der Waals surface area contributed by atoms with Crippen LogP contribution in [0.2, 0.25) is 0 Å². The number of benzene rings is 1. The molecule has 4 N–H and O–H groups in total. The molecule has 0 saturated carbocycles. The van der Waals surface area contributed by atoms with E-state index in [0.717, 1.165) is 11.3 Å². The quantitative estimate of drug-likeness (QED) is 0.347. The van der Waals surface area contributed by atoms with Gasteiger partial charge in [0.25, 0.3) is 5.78 Å². The molecule has 0 radical (unpaired) electrons. The number of carbonyl (C=O) groups is 1. The van der Waals surface area contributed by atoms with Crippen LogP contribution in [0.15, 0.2) is 47.1 Å². The van der Waals surface area contributed by atoms with E-state index in [0.29, 0.717) is 62.2 Å². The van der Waals surface area contributed by atoms with E-state index in [4.69, 9.17) is 10.2 Å². The summed E-state index contributed by atoms with van der Waals surface area (Å²) in [6.07, 6.45) is 2.50. The Bertz CT molecular complexity index is 1280. The first-order chi connectivity index (χ1) is 17.0. The van der Waals surface area contributed by atoms with Crippen LogP contribution in [0, 0.1) is 0 Å². The van der Waals surface area contributed by atoms with E-state index >= 15 is 0 Å². The first-order valence-corrected chi connectivity index (χ1v) is 11.5. The summed E-state index contributed by atoms with van der Waals surface area (Å²) in [7, 11) is 0. The van der Waals surface area contributed by atoms with Crippen LogP contribution < -0.4 is 16.4 Å². The molecule has 0 aliphatic carbocycles. The number of halogens is 1. The van der Waals surface area contributed by atoms with Gasteiger partial charge in [-0.25, -0.2) is 4.39 Å². The lowest BCUT2D eigenvalue weighted by atomic mass is 10.1. The number of likely N-dealkylation sites (tertiary alicyclic amines) is 1. The van der Waals surface area contributed by atoms with Gasteiger partial charge in [0, 0.05) is 25.3 Å². The number of carbonyl (C=O) groups excluding carboxylic acids is 1. The zero-order chi connectivity index (χ0) is 24.2. The van der Waals surface area contributed by atoms with Gasteiger partial charge in [-0.1, -0.05) is 12.1 Å². The number of nitrogens with one attached hydrogen (secondary N) is 2. The molecular formula is C23H26FN9O2. The lowest BCUT2D eigenvalue weighted by Gasteiger charge is -2.27. The van der Waals surface area contributed by atoms with Crippen LogP contribution in [0.3, 0.4) is 0 Å². The van der Waals surface area contributed by atoms with E-state index in [2.05, 4.69) is 30.7 Å². The number of hydrogen-bond donors (Lipinski definition) is 3. The molecule has 1 aliphatic rings. The molecule has 1 fully saturated rings. The number of anilines is 3. The van der Waals surface area contributed by atoms with Crippen molar-refractivity contribution in [1.82, 2.24) is 29.5 Å². The number of alkyl halides is 1. The lowest BCUT2D eigenvalue weighted by molar-refractivity contribution is -0.117. The maximum absolute atomic E-state index is 13.2. The topological polar surface area (TPSA) is 139 Å². The Morgan fingerprint density at radius 2 is 1.94 bits per heavy atom. The van der Waals surface area contributed by atoms with Gasteiger partial charge in [0.15, 0.2) is 5.76 Å². The van der Waals surface area contributed by atoms with Crippen LogP contribution in [-0.4, -0.2) is 67.7 Å². The molecule has 0 unspecified atom stereocenters. The van der Waals surface area contributed by atoms with Crippen molar-refractivity contribution in [1.29, 1.82) is 0 Å². The SMILES string of the molecule is Nc1nc(NCCc2ccc(NC(=O)CN3CCC(F)CC3)cc2)nc2nc(-c3ccco3)nn12. The maximum atomic E-state index is 13.2. The molecule has 3 aromatic heterocycles. The smallest absolute Gasteiger partial charge is 0.259 e. The molecule has 1 aromatic carbocycles. The molecule has 0 atom stereocenters. The van der Waals surface area contributed by atoms with Gasteiger partial charge in [-0.15, -0.1) is 5.10 Å². The highest BCUT2D eigenvalue weighted by molar-refractivity contribution is 5.92. The predicted molar refractivity (Wildman–Crippen MR) is 129 cm³/mol. The maximum Gasteiger partial charge on any atom is 0.259 e. The van der Waals surface area contributed by atoms with Crippen molar-refractivity contribution in [2.24, 2.45) is 0 Å². The van der Waals surface area contributed by atoms with E-state index in [1.54, 1.807) is 18.4 Å². The van der Waals surface area contributed by atoms with Gasteiger partial charge in [0.1, 0.15) is 6.17 Å². The fourth-order valence-electron chi connectivity index (χ4n) is 3.93. The minimum Gasteiger partial charge on any atom is -0.461 e. The third-order valence-corrected chi connectivity index (χ3v) is 5.79. The molecule has 182 valence electrons. The summed E-state index contributed by atoms with van der Waals surface area (Å²) >= 11 is 0. The number of hydrogen-bond acceptors (Lipinski definition) is 9. The van der Waals surface area contributed by atoms with Crippen LogP contribution in [0.25, 0.3) is 17.4 Å². The van der Waals surface area contributed by atoms with Crippen LogP contribution >= 0.6 is 0 Å². The van der Waals surface area contributed by atoms with Crippen molar-refractivity contribution < 1.29 is 13.6 Å². The van der Waals surface area contributed by atoms with Gasteiger partial charge in [-0.2, -0.15) is 19.5 Å². The molecule has 0 spiro atoms. The van der Waals surface area contributed by atoms with Crippen molar-refractivity contribution in [2.75, 3.05) is 42.5 Å². The average molecular weight is 480 g/mol. The van der Waals surface area contributed by atoms with Gasteiger partial charge in [0.05, 0.1) is 12.8 Å². The fraction of sp³-hybridized carbons (Fsp3) is 0.348. The zero-order valence-electron chi connectivity index (χ0n) is 19.0. The van der Waals surface area contributed by atoms with E-state index in [1.807, 2.05) is 29.2 Å². The van der Waals surface area contributed by atoms with Crippen LogP contribution in [0.1, 0.15) is 18.4 Å². The first-order valence-electron chi connectivity index (χ1n) is 11.5. The summed E-state index contributed by atoms with van der Waals surface area (Å²) in [6.45, 7) is 2.09. The Balaban J connectivity index is 1.12. The Labute approximate surface area is 200 Å². The molecule has 5 rings (SSSR count). The van der Waals surface area contributed by atoms with E-state index in [1.165, 1.54) is 4.52 Å². The Hall–Kier alpha value is -4.06. The number of piperidine rings is 1. The predicted octanol–water partition coefficient (Wildman–Crippen LogP) is 2.39. The van der Waals surface area contributed by atoms with Gasteiger partial charge < -0.3 is 20.8 Å². The van der Waals surface area contributed by atoms with Gasteiger partial charge in [0.2, 0.25) is 23.6 Å². The summed E-state index contributed by atoms with van der Waals surface area (Å²) in [6, 6.07) is 11.2. The molecule has 4 aromatic rings. The normalized spacial score (nSPS) is 14.9. The van der Waals surface area contributed by atoms with Crippen molar-refractivity contribution in [3.8, 4) is 11.6 Å². The molecule has 1 saturated heterocycles. The Morgan fingerprint density at radius 1 is 1.14 bits per heavy atom. The number of fused-ring (bicyclic) bond motifs is 1. The monoisotopic (exact) mass is 479 g/mol. The third kappa shape index (κ3) is 5.54. The second-order valence-electron chi connectivity index (χ2n) is 8.40. The molecule has 12 heteroatoms. The van der Waals surface area contributed by atoms with Crippen LogP contribution in [0.5, 0.6) is 0 Å². The second-order valence-corrected chi connectivity index (χ2v) is 8.40. The molecular weight excluding hydrogens is 453 g/mol. The number of nitrogen functional groups attached to an aromatic ring is 1. The van der Waals surface area contributed by atoms with E-state index < -0.39 is 6.17 Å². The molecule has 35 heavy (non-hydrogen) atoms. The highest BCUT2D eigenvalue weighted by atomic mass is 19.1. The molecule has 4 heterocycles. The zero-order valence-corrected chi connectivity index (χ0v) is 19.0. The summed E-state index contributed by atoms with van der Waals surface area (Å²) < 4.78 is 19.9. The van der Waals surface area contributed by atoms with E-state index in [-0.39, 0.29) is 18.4 Å². The average Bonchev–Trinajstić information content (AvgIpc) is 3.52. The van der Waals surface area contributed by atoms with Gasteiger partial charge in [-0.3, -0.25) is 9.69 Å². The number of rotatable bonds is 8. The van der Waals surface area contributed by atoms with Crippen LogP contribution in [0.4, 0.5) is 22.0 Å². The first kappa shape index (κ1) is 22.7. The summed E-state index contributed by atoms with van der Waals surface area (Å²) in [5, 5.41) is 10.3. The highest BCUT2D eigenvalue weighted by Gasteiger charge is 2.20. The molecule has 1 amide bonds. The number of nitrogens with zero attached hydrogens (tertiary/aromatic N) is 6. The van der Waals surface area contributed by atoms with Crippen molar-refractivity contribution in [3.05, 3.63) is 48.2 Å². The molecule has 11 nitrogen and oxygen atoms in total. The summed E-state index contributed by atoms with van der Waals surface area (Å²) in [5.74, 6) is 1.65. The van der Waals surface area contributed by atoms with Crippen molar-refractivity contribution >= 4 is 29.3 Å². The van der Waals surface area contributed by atoms with E-state index in [9.17, 15) is 9.18 Å². The van der Waals surface area contributed by atoms with Crippen molar-refractivity contribution in [3.63, 3.8) is 0 Å². The summed E-state index contributed by atoms with van der Waals surface area (Å²) in [5.41, 5.74) is 7.82. The number of aromatic nitrogens is 5. The number of furan rings is 1. The van der Waals surface area contributed by atoms with Gasteiger partial charge in [-0.05, 0) is 49.1 Å². The molecule has 1 aliphatic heterocycles. The standard InChI is InChI=1S/C23H26FN9O2/c24-16-8-11-32(12-9-16)14-19(34)27-17-5-3-15(4-6-17)7-10-26-22-29-21(25)33-23(30-22)28-20(31-33)18-2-1-13-35-18/h1-6,13,16H,7-12,14H2,(H,27,34)(H3,25,26,28,29,30,31). The fourth-order valence-corrected chi connectivity index (χ4v) is 3.93. The van der Waals surface area contributed by atoms with Gasteiger partial charge >= 0.3 is 0 Å². The minimum absolute atomic E-state index is 0.0921. The van der Waals surface area contributed by atoms with Crippen LogP contribution in [-0.2, 0) is 11.2 Å². The number of amides is 1. The largest absolute Gasteiger partial charge is 0.461 e. The lowest BCUT2D eigenvalue weighted by Crippen LogP contribution is -2.39. The Morgan fingerprint density at radius 3 is 2.69 bits per heavy atom.